The van der Waals surface area contributed by atoms with Crippen LogP contribution >= 0.6 is 12.4 Å². The molecule has 0 saturated heterocycles. The van der Waals surface area contributed by atoms with Crippen LogP contribution in [0.3, 0.4) is 0 Å². The highest BCUT2D eigenvalue weighted by Gasteiger charge is 2.33. The maximum Gasteiger partial charge on any atom is 0.328 e. The van der Waals surface area contributed by atoms with E-state index in [0.29, 0.717) is 11.6 Å². The topological polar surface area (TPSA) is 104 Å². The summed E-state index contributed by atoms with van der Waals surface area (Å²) < 4.78 is 0. The van der Waals surface area contributed by atoms with Crippen LogP contribution in [0.5, 0.6) is 0 Å². The fourth-order valence-corrected chi connectivity index (χ4v) is 2.89. The van der Waals surface area contributed by atoms with E-state index in [-0.39, 0.29) is 12.4 Å². The van der Waals surface area contributed by atoms with Crippen LogP contribution in [0.4, 0.5) is 0 Å². The Balaban J connectivity index is 0.00000341. The number of carbonyl (C=O) groups is 2. The number of benzene rings is 2. The molecule has 1 fully saturated rings. The van der Waals surface area contributed by atoms with Crippen molar-refractivity contribution in [3.05, 3.63) is 70.8 Å². The molecule has 7 heteroatoms. The van der Waals surface area contributed by atoms with Crippen molar-refractivity contribution >= 4 is 24.3 Å². The smallest absolute Gasteiger partial charge is 0.328 e. The minimum Gasteiger partial charge on any atom is -0.480 e. The molecule has 31 heavy (non-hydrogen) atoms. The van der Waals surface area contributed by atoms with E-state index in [1.165, 1.54) is 18.4 Å². The highest BCUT2D eigenvalue weighted by molar-refractivity contribution is 5.97. The first kappa shape index (κ1) is 24.4. The molecular weight excluding hydrogens is 414 g/mol. The van der Waals surface area contributed by atoms with Crippen LogP contribution in [0, 0.1) is 11.8 Å². The Morgan fingerprint density at radius 2 is 1.58 bits per heavy atom. The maximum absolute atomic E-state index is 12.4. The zero-order valence-corrected chi connectivity index (χ0v) is 18.5. The SMILES string of the molecule is CC(C)(N)C(NC(=O)c1ccc(C#Cc2ccc(CNC3CC3)cc2)cc1)C(=O)O.Cl. The van der Waals surface area contributed by atoms with E-state index in [1.54, 1.807) is 38.1 Å². The average molecular weight is 442 g/mol. The van der Waals surface area contributed by atoms with E-state index in [4.69, 9.17) is 5.73 Å². The Kier molecular flexibility index (Phi) is 8.23. The van der Waals surface area contributed by atoms with Gasteiger partial charge in [-0.25, -0.2) is 4.79 Å². The first-order chi connectivity index (χ1) is 14.2. The number of nitrogens with two attached hydrogens (primary N) is 1. The van der Waals surface area contributed by atoms with Gasteiger partial charge >= 0.3 is 5.97 Å². The molecule has 3 rings (SSSR count). The fraction of sp³-hybridized carbons (Fsp3) is 0.333. The predicted molar refractivity (Wildman–Crippen MR) is 123 cm³/mol. The van der Waals surface area contributed by atoms with Crippen molar-refractivity contribution in [2.45, 2.75) is 50.9 Å². The summed E-state index contributed by atoms with van der Waals surface area (Å²) in [6.45, 7) is 3.99. The van der Waals surface area contributed by atoms with Gasteiger partial charge in [-0.15, -0.1) is 12.4 Å². The molecule has 0 radical (unpaired) electrons. The number of amides is 1. The molecule has 0 aromatic heterocycles. The van der Waals surface area contributed by atoms with E-state index >= 15 is 0 Å². The van der Waals surface area contributed by atoms with E-state index in [1.807, 2.05) is 12.1 Å². The van der Waals surface area contributed by atoms with Crippen molar-refractivity contribution in [1.82, 2.24) is 10.6 Å². The van der Waals surface area contributed by atoms with E-state index in [0.717, 1.165) is 17.7 Å². The summed E-state index contributed by atoms with van der Waals surface area (Å²) >= 11 is 0. The molecule has 1 aliphatic rings. The predicted octanol–water partition coefficient (Wildman–Crippen LogP) is 2.68. The van der Waals surface area contributed by atoms with Gasteiger partial charge in [-0.1, -0.05) is 24.0 Å². The Morgan fingerprint density at radius 3 is 2.03 bits per heavy atom. The molecule has 0 heterocycles. The number of hydrogen-bond acceptors (Lipinski definition) is 4. The molecule has 5 N–H and O–H groups in total. The largest absolute Gasteiger partial charge is 0.480 e. The fourth-order valence-electron chi connectivity index (χ4n) is 2.89. The molecule has 0 bridgehead atoms. The summed E-state index contributed by atoms with van der Waals surface area (Å²) in [5.41, 5.74) is 8.04. The molecule has 0 aliphatic heterocycles. The summed E-state index contributed by atoms with van der Waals surface area (Å²) in [7, 11) is 0. The van der Waals surface area contributed by atoms with Gasteiger partial charge < -0.3 is 21.5 Å². The van der Waals surface area contributed by atoms with E-state index < -0.39 is 23.5 Å². The first-order valence-electron chi connectivity index (χ1n) is 9.99. The molecule has 1 amide bonds. The van der Waals surface area contributed by atoms with Crippen molar-refractivity contribution in [1.29, 1.82) is 0 Å². The Bertz CT molecular complexity index is 966. The molecule has 164 valence electrons. The lowest BCUT2D eigenvalue weighted by Gasteiger charge is -2.27. The number of carboxylic acids is 1. The minimum atomic E-state index is -1.19. The number of nitrogens with one attached hydrogen (secondary N) is 2. The van der Waals surface area contributed by atoms with Crippen molar-refractivity contribution in [3.8, 4) is 11.8 Å². The van der Waals surface area contributed by atoms with Crippen LogP contribution in [0.15, 0.2) is 48.5 Å². The normalized spacial score (nSPS) is 13.9. The summed E-state index contributed by atoms with van der Waals surface area (Å²) in [6, 6.07) is 14.4. The highest BCUT2D eigenvalue weighted by Crippen LogP contribution is 2.19. The third kappa shape index (κ3) is 7.41. The quantitative estimate of drug-likeness (QED) is 0.494. The molecule has 1 aliphatic carbocycles. The number of halogens is 1. The Labute approximate surface area is 189 Å². The lowest BCUT2D eigenvalue weighted by Crippen LogP contribution is -2.58. The van der Waals surface area contributed by atoms with Gasteiger partial charge in [0.05, 0.1) is 0 Å². The van der Waals surface area contributed by atoms with Gasteiger partial charge in [0.1, 0.15) is 6.04 Å². The molecule has 0 spiro atoms. The number of carbonyl (C=O) groups excluding carboxylic acids is 1. The Morgan fingerprint density at radius 1 is 1.06 bits per heavy atom. The lowest BCUT2D eigenvalue weighted by molar-refractivity contribution is -0.140. The van der Waals surface area contributed by atoms with Crippen LogP contribution in [-0.2, 0) is 11.3 Å². The number of rotatable bonds is 7. The van der Waals surface area contributed by atoms with Crippen LogP contribution in [0.25, 0.3) is 0 Å². The molecule has 1 unspecified atom stereocenters. The van der Waals surface area contributed by atoms with Gasteiger partial charge in [-0.3, -0.25) is 4.79 Å². The number of aliphatic carboxylic acids is 1. The number of carboxylic acid groups (broad SMARTS) is 1. The molecular formula is C24H28ClN3O3. The molecule has 1 saturated carbocycles. The molecule has 1 atom stereocenters. The lowest BCUT2D eigenvalue weighted by atomic mass is 9.95. The van der Waals surface area contributed by atoms with Crippen molar-refractivity contribution in [2.75, 3.05) is 0 Å². The second-order valence-electron chi connectivity index (χ2n) is 8.25. The van der Waals surface area contributed by atoms with Crippen molar-refractivity contribution in [2.24, 2.45) is 5.73 Å². The minimum absolute atomic E-state index is 0. The summed E-state index contributed by atoms with van der Waals surface area (Å²) in [4.78, 5) is 23.7. The van der Waals surface area contributed by atoms with E-state index in [2.05, 4.69) is 34.6 Å². The van der Waals surface area contributed by atoms with Crippen LogP contribution in [0.1, 0.15) is 53.7 Å². The van der Waals surface area contributed by atoms with Crippen LogP contribution in [0.2, 0.25) is 0 Å². The Hall–Kier alpha value is -2.85. The van der Waals surface area contributed by atoms with Gasteiger partial charge in [0.15, 0.2) is 0 Å². The van der Waals surface area contributed by atoms with Gasteiger partial charge in [0.25, 0.3) is 5.91 Å². The first-order valence-corrected chi connectivity index (χ1v) is 9.99. The second-order valence-corrected chi connectivity index (χ2v) is 8.25. The monoisotopic (exact) mass is 441 g/mol. The summed E-state index contributed by atoms with van der Waals surface area (Å²) in [5.74, 6) is 4.53. The molecule has 6 nitrogen and oxygen atoms in total. The third-order valence-corrected chi connectivity index (χ3v) is 4.89. The van der Waals surface area contributed by atoms with Crippen molar-refractivity contribution in [3.63, 3.8) is 0 Å². The zero-order valence-electron chi connectivity index (χ0n) is 17.6. The number of hydrogen-bond donors (Lipinski definition) is 4. The van der Waals surface area contributed by atoms with Gasteiger partial charge in [0.2, 0.25) is 0 Å². The highest BCUT2D eigenvalue weighted by atomic mass is 35.5. The van der Waals surface area contributed by atoms with Gasteiger partial charge in [0, 0.05) is 34.8 Å². The van der Waals surface area contributed by atoms with Crippen LogP contribution in [-0.4, -0.2) is 34.6 Å². The van der Waals surface area contributed by atoms with E-state index in [9.17, 15) is 14.7 Å². The zero-order chi connectivity index (χ0) is 21.7. The second kappa shape index (κ2) is 10.5. The summed E-state index contributed by atoms with van der Waals surface area (Å²) in [5, 5.41) is 15.2. The van der Waals surface area contributed by atoms with Gasteiger partial charge in [-0.2, -0.15) is 0 Å². The van der Waals surface area contributed by atoms with Gasteiger partial charge in [-0.05, 0) is 68.7 Å². The molecule has 2 aromatic rings. The third-order valence-electron chi connectivity index (χ3n) is 4.89. The average Bonchev–Trinajstić information content (AvgIpc) is 3.53. The van der Waals surface area contributed by atoms with Crippen LogP contribution < -0.4 is 16.4 Å². The standard InChI is InChI=1S/C24H27N3O3.ClH/c1-24(2,25)21(23(29)30)27-22(28)19-11-9-17(10-12-19)4-3-16-5-7-18(8-6-16)15-26-20-13-14-20;/h5-12,20-21,26H,13-15,25H2,1-2H3,(H,27,28)(H,29,30);1H. The maximum atomic E-state index is 12.4. The summed E-state index contributed by atoms with van der Waals surface area (Å²) in [6.07, 6.45) is 2.55. The molecule has 2 aromatic carbocycles. The van der Waals surface area contributed by atoms with Crippen molar-refractivity contribution < 1.29 is 14.7 Å².